The molecule has 0 amide bonds. The van der Waals surface area contributed by atoms with Crippen LogP contribution in [0, 0.1) is 13.8 Å². The van der Waals surface area contributed by atoms with Gasteiger partial charge >= 0.3 is 6.09 Å². The number of rotatable bonds is 5. The van der Waals surface area contributed by atoms with Gasteiger partial charge in [-0.05, 0) is 36.6 Å². The molecule has 0 aliphatic heterocycles. The lowest BCUT2D eigenvalue weighted by Gasteiger charge is -2.17. The number of methoxy groups -OCH3 is 1. The van der Waals surface area contributed by atoms with Crippen molar-refractivity contribution >= 4 is 6.09 Å². The van der Waals surface area contributed by atoms with Crippen LogP contribution in [0.1, 0.15) is 40.9 Å². The van der Waals surface area contributed by atoms with E-state index in [1.54, 1.807) is 19.5 Å². The Balaban J connectivity index is 1.80. The summed E-state index contributed by atoms with van der Waals surface area (Å²) in [5.74, 6) is 1.33. The average molecular weight is 364 g/mol. The minimum absolute atomic E-state index is 0.0290. The highest BCUT2D eigenvalue weighted by Gasteiger charge is 2.21. The van der Waals surface area contributed by atoms with Crippen molar-refractivity contribution in [2.45, 2.75) is 33.3 Å². The van der Waals surface area contributed by atoms with Gasteiger partial charge in [0.05, 0.1) is 7.11 Å². The van der Waals surface area contributed by atoms with Gasteiger partial charge in [0.25, 0.3) is 0 Å². The number of ether oxygens (including phenoxy) is 2. The van der Waals surface area contributed by atoms with Crippen LogP contribution in [0.3, 0.4) is 0 Å². The summed E-state index contributed by atoms with van der Waals surface area (Å²) in [5.41, 5.74) is 4.40. The van der Waals surface area contributed by atoms with E-state index in [-0.39, 0.29) is 12.5 Å². The Bertz CT molecular complexity index is 946. The highest BCUT2D eigenvalue weighted by atomic mass is 16.6. The Morgan fingerprint density at radius 2 is 1.93 bits per heavy atom. The molecule has 27 heavy (non-hydrogen) atoms. The van der Waals surface area contributed by atoms with E-state index in [2.05, 4.69) is 31.0 Å². The second-order valence-corrected chi connectivity index (χ2v) is 6.53. The quantitative estimate of drug-likeness (QED) is 0.650. The van der Waals surface area contributed by atoms with Crippen molar-refractivity contribution in [2.75, 3.05) is 7.11 Å². The molecule has 0 saturated heterocycles. The smallest absolute Gasteiger partial charge is 0.419 e. The Morgan fingerprint density at radius 1 is 1.15 bits per heavy atom. The molecular formula is C22H24N2O3. The first-order valence-corrected chi connectivity index (χ1v) is 8.91. The van der Waals surface area contributed by atoms with E-state index in [0.29, 0.717) is 11.6 Å². The first-order valence-electron chi connectivity index (χ1n) is 8.91. The van der Waals surface area contributed by atoms with E-state index in [1.807, 2.05) is 37.3 Å². The van der Waals surface area contributed by atoms with Crippen LogP contribution >= 0.6 is 0 Å². The maximum atomic E-state index is 12.6. The van der Waals surface area contributed by atoms with Gasteiger partial charge in [-0.3, -0.25) is 0 Å². The summed E-state index contributed by atoms with van der Waals surface area (Å²) in [6, 6.07) is 13.7. The second-order valence-electron chi connectivity index (χ2n) is 6.53. The number of benzene rings is 2. The summed E-state index contributed by atoms with van der Waals surface area (Å²) in [7, 11) is 1.60. The molecule has 0 N–H and O–H groups in total. The van der Waals surface area contributed by atoms with Crippen LogP contribution in [0.15, 0.2) is 54.9 Å². The summed E-state index contributed by atoms with van der Waals surface area (Å²) >= 11 is 0. The maximum absolute atomic E-state index is 12.6. The van der Waals surface area contributed by atoms with Gasteiger partial charge in [0.1, 0.15) is 18.2 Å². The van der Waals surface area contributed by atoms with E-state index < -0.39 is 6.09 Å². The number of carbonyl (C=O) groups is 1. The molecule has 0 bridgehead atoms. The van der Waals surface area contributed by atoms with Crippen LogP contribution in [0.25, 0.3) is 0 Å². The van der Waals surface area contributed by atoms with Gasteiger partial charge in [-0.25, -0.2) is 14.3 Å². The Hall–Kier alpha value is -3.08. The number of imidazole rings is 1. The van der Waals surface area contributed by atoms with Gasteiger partial charge in [0.15, 0.2) is 0 Å². The van der Waals surface area contributed by atoms with Crippen LogP contribution in [0.4, 0.5) is 4.79 Å². The van der Waals surface area contributed by atoms with Crippen molar-refractivity contribution in [1.29, 1.82) is 0 Å². The van der Waals surface area contributed by atoms with Crippen molar-refractivity contribution in [2.24, 2.45) is 0 Å². The normalized spacial score (nSPS) is 11.9. The minimum atomic E-state index is -0.453. The SMILES string of the molecule is COc1ccccc1COC(=O)n1ccnc1[C@@H](C)c1cccc(C)c1C. The molecule has 0 spiro atoms. The highest BCUT2D eigenvalue weighted by molar-refractivity contribution is 5.71. The van der Waals surface area contributed by atoms with Crippen molar-refractivity contribution in [3.63, 3.8) is 0 Å². The molecular weight excluding hydrogens is 340 g/mol. The summed E-state index contributed by atoms with van der Waals surface area (Å²) in [6.07, 6.45) is 2.81. The van der Waals surface area contributed by atoms with Crippen molar-refractivity contribution in [3.8, 4) is 5.75 Å². The average Bonchev–Trinajstić information content (AvgIpc) is 3.18. The van der Waals surface area contributed by atoms with Crippen LogP contribution in [0.5, 0.6) is 5.75 Å². The Labute approximate surface area is 159 Å². The third-order valence-electron chi connectivity index (χ3n) is 4.91. The van der Waals surface area contributed by atoms with Crippen LogP contribution < -0.4 is 4.74 Å². The first-order chi connectivity index (χ1) is 13.0. The molecule has 3 rings (SSSR count). The zero-order valence-corrected chi connectivity index (χ0v) is 16.1. The predicted octanol–water partition coefficient (Wildman–Crippen LogP) is 4.85. The summed E-state index contributed by atoms with van der Waals surface area (Å²) in [5, 5.41) is 0. The van der Waals surface area contributed by atoms with Crippen molar-refractivity contribution in [3.05, 3.63) is 82.9 Å². The van der Waals surface area contributed by atoms with Crippen LogP contribution in [0.2, 0.25) is 0 Å². The van der Waals surface area contributed by atoms with E-state index in [1.165, 1.54) is 15.7 Å². The highest BCUT2D eigenvalue weighted by Crippen LogP contribution is 2.27. The fourth-order valence-electron chi connectivity index (χ4n) is 3.20. The predicted molar refractivity (Wildman–Crippen MR) is 104 cm³/mol. The number of aryl methyl sites for hydroxylation is 1. The zero-order valence-electron chi connectivity index (χ0n) is 16.1. The Kier molecular flexibility index (Phi) is 5.60. The van der Waals surface area contributed by atoms with E-state index in [0.717, 1.165) is 11.1 Å². The molecule has 0 aliphatic rings. The summed E-state index contributed by atoms with van der Waals surface area (Å²) in [4.78, 5) is 17.1. The van der Waals surface area contributed by atoms with Gasteiger partial charge in [-0.15, -0.1) is 0 Å². The molecule has 5 heteroatoms. The molecule has 1 atom stereocenters. The fourth-order valence-corrected chi connectivity index (χ4v) is 3.20. The number of hydrogen-bond acceptors (Lipinski definition) is 4. The van der Waals surface area contributed by atoms with E-state index >= 15 is 0 Å². The van der Waals surface area contributed by atoms with E-state index in [4.69, 9.17) is 9.47 Å². The van der Waals surface area contributed by atoms with Gasteiger partial charge in [0, 0.05) is 23.9 Å². The Morgan fingerprint density at radius 3 is 2.70 bits per heavy atom. The number of para-hydroxylation sites is 1. The van der Waals surface area contributed by atoms with Crippen molar-refractivity contribution < 1.29 is 14.3 Å². The van der Waals surface area contributed by atoms with Gasteiger partial charge in [-0.2, -0.15) is 0 Å². The topological polar surface area (TPSA) is 53.4 Å². The molecule has 0 radical (unpaired) electrons. The standard InChI is InChI=1S/C22H24N2O3/c1-15-8-7-10-19(16(15)2)17(3)21-23-12-13-24(21)22(25)27-14-18-9-5-6-11-20(18)26-4/h5-13,17H,14H2,1-4H3/t17-/m0/s1. The number of aromatic nitrogens is 2. The number of hydrogen-bond donors (Lipinski definition) is 0. The monoisotopic (exact) mass is 364 g/mol. The minimum Gasteiger partial charge on any atom is -0.496 e. The lowest BCUT2D eigenvalue weighted by Crippen LogP contribution is -2.18. The van der Waals surface area contributed by atoms with Crippen LogP contribution in [-0.2, 0) is 11.3 Å². The lowest BCUT2D eigenvalue weighted by molar-refractivity contribution is 0.139. The second kappa shape index (κ2) is 8.08. The molecule has 1 heterocycles. The third kappa shape index (κ3) is 3.87. The molecule has 2 aromatic carbocycles. The van der Waals surface area contributed by atoms with Gasteiger partial charge in [0.2, 0.25) is 0 Å². The zero-order chi connectivity index (χ0) is 19.4. The molecule has 3 aromatic rings. The molecule has 5 nitrogen and oxygen atoms in total. The maximum Gasteiger partial charge on any atom is 0.419 e. The molecule has 0 aliphatic carbocycles. The lowest BCUT2D eigenvalue weighted by atomic mass is 9.93. The largest absolute Gasteiger partial charge is 0.496 e. The molecule has 0 unspecified atom stereocenters. The number of carbonyl (C=O) groups excluding carboxylic acids is 1. The molecule has 140 valence electrons. The molecule has 1 aromatic heterocycles. The third-order valence-corrected chi connectivity index (χ3v) is 4.91. The molecule has 0 fully saturated rings. The fraction of sp³-hybridized carbons (Fsp3) is 0.273. The first kappa shape index (κ1) is 18.7. The van der Waals surface area contributed by atoms with Crippen molar-refractivity contribution in [1.82, 2.24) is 9.55 Å². The number of nitrogens with zero attached hydrogens (tertiary/aromatic N) is 2. The summed E-state index contributed by atoms with van der Waals surface area (Å²) in [6.45, 7) is 6.36. The summed E-state index contributed by atoms with van der Waals surface area (Å²) < 4.78 is 12.3. The molecule has 0 saturated carbocycles. The van der Waals surface area contributed by atoms with Gasteiger partial charge in [-0.1, -0.05) is 43.3 Å². The van der Waals surface area contributed by atoms with E-state index in [9.17, 15) is 4.79 Å². The van der Waals surface area contributed by atoms with Gasteiger partial charge < -0.3 is 9.47 Å². The van der Waals surface area contributed by atoms with Crippen LogP contribution in [-0.4, -0.2) is 22.8 Å².